The van der Waals surface area contributed by atoms with Crippen LogP contribution in [0.15, 0.2) is 18.2 Å². The summed E-state index contributed by atoms with van der Waals surface area (Å²) in [6, 6.07) is 5.57. The van der Waals surface area contributed by atoms with Gasteiger partial charge in [-0.25, -0.2) is 8.42 Å². The standard InChI is InChI=1S/C11H18N2O2S/c1-3-16(14,15)7-6-13-10-4-5-11(12)9(2)8-10/h4-5,8,13H,3,6-7,12H2,1-2H3. The molecule has 0 bridgehead atoms. The fourth-order valence-electron chi connectivity index (χ4n) is 1.28. The largest absolute Gasteiger partial charge is 0.399 e. The van der Waals surface area contributed by atoms with E-state index in [0.29, 0.717) is 6.54 Å². The molecule has 0 atom stereocenters. The summed E-state index contributed by atoms with van der Waals surface area (Å²) in [7, 11) is -2.90. The molecule has 16 heavy (non-hydrogen) atoms. The molecule has 0 aliphatic carbocycles. The Labute approximate surface area is 96.8 Å². The Bertz CT molecular complexity index is 455. The van der Waals surface area contributed by atoms with Crippen LogP contribution in [-0.2, 0) is 9.84 Å². The van der Waals surface area contributed by atoms with Crippen molar-refractivity contribution in [3.8, 4) is 0 Å². The zero-order chi connectivity index (χ0) is 12.2. The highest BCUT2D eigenvalue weighted by Gasteiger charge is 2.06. The highest BCUT2D eigenvalue weighted by atomic mass is 32.2. The van der Waals surface area contributed by atoms with E-state index in [2.05, 4.69) is 5.32 Å². The van der Waals surface area contributed by atoms with E-state index in [1.165, 1.54) is 0 Å². The van der Waals surface area contributed by atoms with Crippen molar-refractivity contribution in [2.75, 3.05) is 29.1 Å². The maximum Gasteiger partial charge on any atom is 0.151 e. The molecule has 1 aromatic rings. The van der Waals surface area contributed by atoms with E-state index < -0.39 is 9.84 Å². The van der Waals surface area contributed by atoms with E-state index >= 15 is 0 Å². The van der Waals surface area contributed by atoms with Crippen LogP contribution < -0.4 is 11.1 Å². The molecule has 0 fully saturated rings. The lowest BCUT2D eigenvalue weighted by atomic mass is 10.2. The molecule has 0 unspecified atom stereocenters. The molecule has 1 aromatic carbocycles. The first-order valence-corrected chi connectivity index (χ1v) is 7.07. The number of aryl methyl sites for hydroxylation is 1. The van der Waals surface area contributed by atoms with E-state index in [-0.39, 0.29) is 11.5 Å². The number of nitrogen functional groups attached to an aromatic ring is 1. The van der Waals surface area contributed by atoms with Crippen molar-refractivity contribution in [1.29, 1.82) is 0 Å². The molecule has 0 heterocycles. The van der Waals surface area contributed by atoms with Crippen LogP contribution in [0.25, 0.3) is 0 Å². The normalized spacial score (nSPS) is 11.4. The van der Waals surface area contributed by atoms with E-state index in [0.717, 1.165) is 16.9 Å². The van der Waals surface area contributed by atoms with Gasteiger partial charge in [0.15, 0.2) is 9.84 Å². The Morgan fingerprint density at radius 1 is 1.38 bits per heavy atom. The van der Waals surface area contributed by atoms with Crippen molar-refractivity contribution in [3.05, 3.63) is 23.8 Å². The summed E-state index contributed by atoms with van der Waals surface area (Å²) in [4.78, 5) is 0. The van der Waals surface area contributed by atoms with Crippen LogP contribution in [0, 0.1) is 6.92 Å². The highest BCUT2D eigenvalue weighted by Crippen LogP contribution is 2.16. The molecule has 0 aromatic heterocycles. The molecular formula is C11H18N2O2S. The highest BCUT2D eigenvalue weighted by molar-refractivity contribution is 7.91. The summed E-state index contributed by atoms with van der Waals surface area (Å²) in [5.74, 6) is 0.350. The van der Waals surface area contributed by atoms with Gasteiger partial charge >= 0.3 is 0 Å². The molecule has 0 aliphatic heterocycles. The first-order valence-electron chi connectivity index (χ1n) is 5.25. The van der Waals surface area contributed by atoms with Crippen molar-refractivity contribution >= 4 is 21.2 Å². The van der Waals surface area contributed by atoms with E-state index in [1.54, 1.807) is 6.92 Å². The molecule has 0 radical (unpaired) electrons. The van der Waals surface area contributed by atoms with Crippen LogP contribution in [0.5, 0.6) is 0 Å². The molecule has 1 rings (SSSR count). The zero-order valence-corrected chi connectivity index (χ0v) is 10.5. The summed E-state index contributed by atoms with van der Waals surface area (Å²) >= 11 is 0. The van der Waals surface area contributed by atoms with Crippen molar-refractivity contribution in [2.45, 2.75) is 13.8 Å². The molecule has 0 aliphatic rings. The summed E-state index contributed by atoms with van der Waals surface area (Å²) < 4.78 is 22.5. The average molecular weight is 242 g/mol. The Kier molecular flexibility index (Phi) is 4.18. The predicted molar refractivity (Wildman–Crippen MR) is 68.4 cm³/mol. The fraction of sp³-hybridized carbons (Fsp3) is 0.455. The van der Waals surface area contributed by atoms with Crippen molar-refractivity contribution < 1.29 is 8.42 Å². The molecule has 4 nitrogen and oxygen atoms in total. The minimum absolute atomic E-state index is 0.160. The molecule has 3 N–H and O–H groups in total. The fourth-order valence-corrected chi connectivity index (χ4v) is 1.98. The number of rotatable bonds is 5. The Morgan fingerprint density at radius 2 is 2.06 bits per heavy atom. The van der Waals surface area contributed by atoms with Crippen molar-refractivity contribution in [3.63, 3.8) is 0 Å². The van der Waals surface area contributed by atoms with Gasteiger partial charge in [-0.1, -0.05) is 6.92 Å². The summed E-state index contributed by atoms with van der Waals surface area (Å²) in [5.41, 5.74) is 8.32. The van der Waals surface area contributed by atoms with Gasteiger partial charge in [0.25, 0.3) is 0 Å². The summed E-state index contributed by atoms with van der Waals surface area (Å²) in [5, 5.41) is 3.07. The van der Waals surface area contributed by atoms with Gasteiger partial charge in [-0.15, -0.1) is 0 Å². The predicted octanol–water partition coefficient (Wildman–Crippen LogP) is 1.42. The second-order valence-corrected chi connectivity index (χ2v) is 6.21. The minimum atomic E-state index is -2.90. The lowest BCUT2D eigenvalue weighted by Gasteiger charge is -2.08. The number of nitrogens with one attached hydrogen (secondary N) is 1. The molecule has 5 heteroatoms. The van der Waals surface area contributed by atoms with Gasteiger partial charge in [-0.05, 0) is 30.7 Å². The van der Waals surface area contributed by atoms with Crippen molar-refractivity contribution in [1.82, 2.24) is 0 Å². The van der Waals surface area contributed by atoms with Gasteiger partial charge in [0.1, 0.15) is 0 Å². The van der Waals surface area contributed by atoms with Crippen LogP contribution >= 0.6 is 0 Å². The first-order chi connectivity index (χ1) is 7.44. The lowest BCUT2D eigenvalue weighted by molar-refractivity contribution is 0.597. The van der Waals surface area contributed by atoms with Crippen LogP contribution in [0.4, 0.5) is 11.4 Å². The quantitative estimate of drug-likeness (QED) is 0.766. The van der Waals surface area contributed by atoms with Gasteiger partial charge in [-0.2, -0.15) is 0 Å². The maximum atomic E-state index is 11.3. The Hall–Kier alpha value is -1.23. The van der Waals surface area contributed by atoms with Crippen LogP contribution in [0.2, 0.25) is 0 Å². The molecule has 0 saturated heterocycles. The van der Waals surface area contributed by atoms with E-state index in [9.17, 15) is 8.42 Å². The Morgan fingerprint density at radius 3 is 2.62 bits per heavy atom. The summed E-state index contributed by atoms with van der Waals surface area (Å²) in [6.45, 7) is 4.01. The third-order valence-corrected chi connectivity index (χ3v) is 4.16. The van der Waals surface area contributed by atoms with Crippen molar-refractivity contribution in [2.24, 2.45) is 0 Å². The smallest absolute Gasteiger partial charge is 0.151 e. The summed E-state index contributed by atoms with van der Waals surface area (Å²) in [6.07, 6.45) is 0. The van der Waals surface area contributed by atoms with E-state index in [1.807, 2.05) is 25.1 Å². The van der Waals surface area contributed by atoms with Crippen LogP contribution in [0.1, 0.15) is 12.5 Å². The second-order valence-electron chi connectivity index (χ2n) is 3.73. The van der Waals surface area contributed by atoms with Gasteiger partial charge in [0.2, 0.25) is 0 Å². The van der Waals surface area contributed by atoms with Crippen LogP contribution in [-0.4, -0.2) is 26.5 Å². The topological polar surface area (TPSA) is 72.2 Å². The zero-order valence-electron chi connectivity index (χ0n) is 9.66. The molecule has 0 amide bonds. The number of benzene rings is 1. The number of sulfone groups is 1. The Balaban J connectivity index is 2.53. The van der Waals surface area contributed by atoms with E-state index in [4.69, 9.17) is 5.73 Å². The minimum Gasteiger partial charge on any atom is -0.399 e. The second kappa shape index (κ2) is 5.21. The number of nitrogens with two attached hydrogens (primary N) is 1. The molecule has 0 spiro atoms. The number of hydrogen-bond acceptors (Lipinski definition) is 4. The first kappa shape index (κ1) is 12.8. The lowest BCUT2D eigenvalue weighted by Crippen LogP contribution is -2.17. The average Bonchev–Trinajstić information content (AvgIpc) is 2.23. The third kappa shape index (κ3) is 3.73. The molecule has 0 saturated carbocycles. The van der Waals surface area contributed by atoms with Gasteiger partial charge in [-0.3, -0.25) is 0 Å². The SMILES string of the molecule is CCS(=O)(=O)CCNc1ccc(N)c(C)c1. The van der Waals surface area contributed by atoms with Gasteiger partial charge in [0.05, 0.1) is 5.75 Å². The van der Waals surface area contributed by atoms with Gasteiger partial charge < -0.3 is 11.1 Å². The number of anilines is 2. The maximum absolute atomic E-state index is 11.3. The number of hydrogen-bond donors (Lipinski definition) is 2. The van der Waals surface area contributed by atoms with Gasteiger partial charge in [0, 0.05) is 23.7 Å². The molecular weight excluding hydrogens is 224 g/mol. The monoisotopic (exact) mass is 242 g/mol. The third-order valence-electron chi connectivity index (χ3n) is 2.45. The van der Waals surface area contributed by atoms with Crippen LogP contribution in [0.3, 0.4) is 0 Å². The molecule has 90 valence electrons.